The Kier molecular flexibility index (Phi) is 5.25. The maximum atomic E-state index is 12.6. The molecule has 0 saturated carbocycles. The van der Waals surface area contributed by atoms with Crippen molar-refractivity contribution in [2.24, 2.45) is 0 Å². The smallest absolute Gasteiger partial charge is 0.361 e. The molecular weight excluding hydrogens is 376 g/mol. The Morgan fingerprint density at radius 1 is 1.25 bits per heavy atom. The van der Waals surface area contributed by atoms with E-state index >= 15 is 0 Å². The number of hydrogen-bond donors (Lipinski definition) is 0. The second-order valence-electron chi connectivity index (χ2n) is 6.63. The second-order valence-corrected chi connectivity index (χ2v) is 7.61. The third kappa shape index (κ3) is 3.71. The minimum Gasteiger partial charge on any atom is -0.451 e. The molecule has 0 N–H and O–H groups in total. The molecule has 3 heterocycles. The van der Waals surface area contributed by atoms with Crippen molar-refractivity contribution in [1.82, 2.24) is 9.88 Å². The van der Waals surface area contributed by atoms with E-state index in [1.807, 2.05) is 47.8 Å². The lowest BCUT2D eigenvalue weighted by molar-refractivity contribution is -0.135. The number of hydrogen-bond acceptors (Lipinski definition) is 6. The minimum atomic E-state index is -0.649. The number of aryl methyl sites for hydroxylation is 1. The van der Waals surface area contributed by atoms with Gasteiger partial charge in [0.2, 0.25) is 5.89 Å². The van der Waals surface area contributed by atoms with Crippen molar-refractivity contribution in [3.63, 3.8) is 0 Å². The summed E-state index contributed by atoms with van der Waals surface area (Å²) in [4.78, 5) is 32.2. The van der Waals surface area contributed by atoms with Gasteiger partial charge < -0.3 is 14.1 Å². The molecule has 1 atom stereocenters. The van der Waals surface area contributed by atoms with Crippen molar-refractivity contribution in [2.75, 3.05) is 13.2 Å². The Balaban J connectivity index is 1.40. The molecule has 0 aliphatic carbocycles. The summed E-state index contributed by atoms with van der Waals surface area (Å²) in [5.41, 5.74) is 0.875. The van der Waals surface area contributed by atoms with E-state index in [0.29, 0.717) is 18.2 Å². The predicted octanol–water partition coefficient (Wildman–Crippen LogP) is 4.23. The topological polar surface area (TPSA) is 72.6 Å². The summed E-state index contributed by atoms with van der Waals surface area (Å²) in [5, 5.41) is 2.01. The highest BCUT2D eigenvalue weighted by molar-refractivity contribution is 7.10. The molecule has 3 aromatic rings. The first kappa shape index (κ1) is 18.4. The van der Waals surface area contributed by atoms with Crippen LogP contribution in [0.3, 0.4) is 0 Å². The van der Waals surface area contributed by atoms with E-state index < -0.39 is 5.97 Å². The Morgan fingerprint density at radius 2 is 2.07 bits per heavy atom. The normalized spacial score (nSPS) is 16.3. The molecule has 7 heteroatoms. The van der Waals surface area contributed by atoms with Gasteiger partial charge >= 0.3 is 5.97 Å². The number of carbonyl (C=O) groups excluding carboxylic acids is 2. The van der Waals surface area contributed by atoms with E-state index in [0.717, 1.165) is 23.3 Å². The first-order valence-corrected chi connectivity index (χ1v) is 10.0. The Morgan fingerprint density at radius 3 is 2.82 bits per heavy atom. The first-order valence-electron chi connectivity index (χ1n) is 9.16. The Bertz CT molecular complexity index is 966. The maximum Gasteiger partial charge on any atom is 0.361 e. The van der Waals surface area contributed by atoms with Crippen molar-refractivity contribution >= 4 is 23.2 Å². The van der Waals surface area contributed by atoms with E-state index in [1.165, 1.54) is 0 Å². The molecule has 0 radical (unpaired) electrons. The summed E-state index contributed by atoms with van der Waals surface area (Å²) in [7, 11) is 0. The number of esters is 1. The van der Waals surface area contributed by atoms with Gasteiger partial charge in [-0.2, -0.15) is 0 Å². The van der Waals surface area contributed by atoms with Gasteiger partial charge in [-0.05, 0) is 43.3 Å². The number of benzene rings is 1. The molecule has 1 saturated heterocycles. The van der Waals surface area contributed by atoms with Crippen LogP contribution in [0.15, 0.2) is 52.3 Å². The minimum absolute atomic E-state index is 0.0738. The molecule has 4 rings (SSSR count). The largest absolute Gasteiger partial charge is 0.451 e. The number of thiophene rings is 1. The second kappa shape index (κ2) is 7.98. The number of likely N-dealkylation sites (tertiary alicyclic amines) is 1. The van der Waals surface area contributed by atoms with Crippen LogP contribution in [0.1, 0.15) is 40.0 Å². The van der Waals surface area contributed by atoms with Crippen molar-refractivity contribution in [2.45, 2.75) is 25.8 Å². The van der Waals surface area contributed by atoms with Crippen LogP contribution in [0, 0.1) is 6.92 Å². The number of ether oxygens (including phenoxy) is 1. The number of nitrogens with zero attached hydrogens (tertiary/aromatic N) is 2. The summed E-state index contributed by atoms with van der Waals surface area (Å²) in [6.45, 7) is 2.04. The molecule has 1 aliphatic rings. The fourth-order valence-corrected chi connectivity index (χ4v) is 4.28. The van der Waals surface area contributed by atoms with Gasteiger partial charge in [-0.3, -0.25) is 4.79 Å². The van der Waals surface area contributed by atoms with E-state index in [2.05, 4.69) is 4.98 Å². The molecule has 1 amide bonds. The highest BCUT2D eigenvalue weighted by Gasteiger charge is 2.31. The maximum absolute atomic E-state index is 12.6. The van der Waals surface area contributed by atoms with Crippen LogP contribution in [0.2, 0.25) is 0 Å². The fraction of sp³-hybridized carbons (Fsp3) is 0.286. The van der Waals surface area contributed by atoms with Gasteiger partial charge in [0.1, 0.15) is 5.76 Å². The van der Waals surface area contributed by atoms with Crippen molar-refractivity contribution in [1.29, 1.82) is 0 Å². The van der Waals surface area contributed by atoms with Gasteiger partial charge in [0.25, 0.3) is 5.91 Å². The van der Waals surface area contributed by atoms with Gasteiger partial charge in [-0.15, -0.1) is 11.3 Å². The molecule has 1 fully saturated rings. The predicted molar refractivity (Wildman–Crippen MR) is 105 cm³/mol. The number of aromatic nitrogens is 1. The third-order valence-corrected chi connectivity index (χ3v) is 5.76. The molecule has 1 aromatic carbocycles. The average molecular weight is 396 g/mol. The standard InChI is InChI=1S/C21H20N2O4S/c1-14-19(22-20(27-14)15-7-3-2-4-8-15)21(25)26-13-18(24)23-11-5-9-16(23)17-10-6-12-28-17/h2-4,6-8,10,12,16H,5,9,11,13H2,1H3. The monoisotopic (exact) mass is 396 g/mol. The fourth-order valence-electron chi connectivity index (χ4n) is 3.41. The number of oxazole rings is 1. The van der Waals surface area contributed by atoms with E-state index in [1.54, 1.807) is 23.2 Å². The first-order chi connectivity index (χ1) is 13.6. The van der Waals surface area contributed by atoms with Gasteiger partial charge in [-0.25, -0.2) is 9.78 Å². The zero-order valence-electron chi connectivity index (χ0n) is 15.5. The molecule has 28 heavy (non-hydrogen) atoms. The van der Waals surface area contributed by atoms with Crippen LogP contribution in [0.25, 0.3) is 11.5 Å². The Labute approximate surface area is 166 Å². The molecule has 1 unspecified atom stereocenters. The SMILES string of the molecule is Cc1oc(-c2ccccc2)nc1C(=O)OCC(=O)N1CCCC1c1cccs1. The average Bonchev–Trinajstić information content (AvgIpc) is 3.46. The summed E-state index contributed by atoms with van der Waals surface area (Å²) in [5.74, 6) is -0.111. The van der Waals surface area contributed by atoms with Crippen LogP contribution in [-0.4, -0.2) is 34.9 Å². The summed E-state index contributed by atoms with van der Waals surface area (Å²) >= 11 is 1.64. The van der Waals surface area contributed by atoms with Gasteiger partial charge in [0, 0.05) is 17.0 Å². The van der Waals surface area contributed by atoms with Gasteiger partial charge in [0.05, 0.1) is 6.04 Å². The highest BCUT2D eigenvalue weighted by atomic mass is 32.1. The third-order valence-electron chi connectivity index (χ3n) is 4.78. The lowest BCUT2D eigenvalue weighted by Gasteiger charge is -2.23. The number of carbonyl (C=O) groups is 2. The zero-order valence-corrected chi connectivity index (χ0v) is 16.3. The Hall–Kier alpha value is -2.93. The number of amides is 1. The summed E-state index contributed by atoms with van der Waals surface area (Å²) in [6.07, 6.45) is 1.88. The van der Waals surface area contributed by atoms with Gasteiger partial charge in [0.15, 0.2) is 12.3 Å². The van der Waals surface area contributed by atoms with Gasteiger partial charge in [-0.1, -0.05) is 24.3 Å². The molecule has 1 aliphatic heterocycles. The molecule has 2 aromatic heterocycles. The lowest BCUT2D eigenvalue weighted by atomic mass is 10.2. The summed E-state index contributed by atoms with van der Waals surface area (Å²) < 4.78 is 10.8. The molecule has 0 spiro atoms. The van der Waals surface area contributed by atoms with Crippen LogP contribution >= 0.6 is 11.3 Å². The molecule has 6 nitrogen and oxygen atoms in total. The van der Waals surface area contributed by atoms with E-state index in [-0.39, 0.29) is 24.2 Å². The zero-order chi connectivity index (χ0) is 19.5. The quantitative estimate of drug-likeness (QED) is 0.604. The number of rotatable bonds is 5. The highest BCUT2D eigenvalue weighted by Crippen LogP contribution is 2.34. The molecule has 0 bridgehead atoms. The van der Waals surface area contributed by atoms with Crippen molar-refractivity contribution < 1.29 is 18.7 Å². The van der Waals surface area contributed by atoms with Crippen molar-refractivity contribution in [3.05, 3.63) is 64.2 Å². The van der Waals surface area contributed by atoms with E-state index in [4.69, 9.17) is 9.15 Å². The van der Waals surface area contributed by atoms with Crippen molar-refractivity contribution in [3.8, 4) is 11.5 Å². The van der Waals surface area contributed by atoms with E-state index in [9.17, 15) is 9.59 Å². The van der Waals surface area contributed by atoms with Crippen LogP contribution in [-0.2, 0) is 9.53 Å². The van der Waals surface area contributed by atoms with Crippen LogP contribution in [0.5, 0.6) is 0 Å². The van der Waals surface area contributed by atoms with Crippen LogP contribution in [0.4, 0.5) is 0 Å². The molecule has 144 valence electrons. The lowest BCUT2D eigenvalue weighted by Crippen LogP contribution is -2.34. The van der Waals surface area contributed by atoms with Crippen LogP contribution < -0.4 is 0 Å². The molecular formula is C21H20N2O4S. The summed E-state index contributed by atoms with van der Waals surface area (Å²) in [6, 6.07) is 13.4.